The molecule has 0 aliphatic heterocycles. The third-order valence-corrected chi connectivity index (χ3v) is 3.00. The van der Waals surface area contributed by atoms with Crippen molar-refractivity contribution >= 4 is 5.95 Å². The second-order valence-electron chi connectivity index (χ2n) is 5.10. The predicted molar refractivity (Wildman–Crippen MR) is 78.4 cm³/mol. The highest BCUT2D eigenvalue weighted by Gasteiger charge is 2.09. The molecule has 0 fully saturated rings. The number of imidazole rings is 1. The minimum Gasteiger partial charge on any atom is -0.353 e. The van der Waals surface area contributed by atoms with E-state index in [1.54, 1.807) is 0 Å². The number of aryl methyl sites for hydroxylation is 2. The number of rotatable bonds is 5. The summed E-state index contributed by atoms with van der Waals surface area (Å²) in [5.41, 5.74) is 3.44. The molecule has 0 amide bonds. The molecule has 0 aliphatic rings. The van der Waals surface area contributed by atoms with E-state index in [0.717, 1.165) is 30.3 Å². The lowest BCUT2D eigenvalue weighted by Crippen LogP contribution is -2.15. The van der Waals surface area contributed by atoms with Crippen molar-refractivity contribution in [3.8, 4) is 0 Å². The summed E-state index contributed by atoms with van der Waals surface area (Å²) in [7, 11) is 0. The van der Waals surface area contributed by atoms with Gasteiger partial charge in [0.2, 0.25) is 5.95 Å². The fourth-order valence-electron chi connectivity index (χ4n) is 2.14. The van der Waals surface area contributed by atoms with E-state index in [0.29, 0.717) is 6.04 Å². The summed E-state index contributed by atoms with van der Waals surface area (Å²) in [5, 5.41) is 3.38. The highest BCUT2D eigenvalue weighted by Crippen LogP contribution is 2.14. The van der Waals surface area contributed by atoms with E-state index in [9.17, 15) is 0 Å². The summed E-state index contributed by atoms with van der Waals surface area (Å²) < 4.78 is 2.14. The Balaban J connectivity index is 2.27. The first-order valence-electron chi connectivity index (χ1n) is 6.83. The smallest absolute Gasteiger partial charge is 0.203 e. The molecule has 4 nitrogen and oxygen atoms in total. The van der Waals surface area contributed by atoms with Gasteiger partial charge in [-0.05, 0) is 38.8 Å². The van der Waals surface area contributed by atoms with Gasteiger partial charge in [-0.1, -0.05) is 13.0 Å². The van der Waals surface area contributed by atoms with Crippen LogP contribution in [0.3, 0.4) is 0 Å². The molecule has 19 heavy (non-hydrogen) atoms. The van der Waals surface area contributed by atoms with E-state index in [4.69, 9.17) is 0 Å². The Morgan fingerprint density at radius 2 is 2.16 bits per heavy atom. The molecule has 0 spiro atoms. The lowest BCUT2D eigenvalue weighted by Gasteiger charge is -2.13. The normalized spacial score (nSPS) is 11.0. The third-order valence-electron chi connectivity index (χ3n) is 3.00. The van der Waals surface area contributed by atoms with Gasteiger partial charge in [0.05, 0.1) is 17.9 Å². The highest BCUT2D eigenvalue weighted by molar-refractivity contribution is 5.31. The number of hydrogen-bond donors (Lipinski definition) is 1. The van der Waals surface area contributed by atoms with E-state index in [-0.39, 0.29) is 0 Å². The van der Waals surface area contributed by atoms with Crippen molar-refractivity contribution in [3.05, 3.63) is 41.5 Å². The van der Waals surface area contributed by atoms with Crippen LogP contribution in [-0.4, -0.2) is 20.6 Å². The number of nitrogens with one attached hydrogen (secondary N) is 1. The molecule has 0 bridgehead atoms. The largest absolute Gasteiger partial charge is 0.353 e. The molecule has 102 valence electrons. The van der Waals surface area contributed by atoms with Gasteiger partial charge in [-0.3, -0.25) is 4.98 Å². The van der Waals surface area contributed by atoms with Crippen LogP contribution in [0.1, 0.15) is 37.7 Å². The Morgan fingerprint density at radius 1 is 1.37 bits per heavy atom. The summed E-state index contributed by atoms with van der Waals surface area (Å²) in [6.45, 7) is 9.17. The average molecular weight is 258 g/mol. The number of anilines is 1. The van der Waals surface area contributed by atoms with Crippen molar-refractivity contribution in [3.63, 3.8) is 0 Å². The van der Waals surface area contributed by atoms with Gasteiger partial charge in [-0.2, -0.15) is 0 Å². The van der Waals surface area contributed by atoms with Gasteiger partial charge in [0.1, 0.15) is 0 Å². The molecule has 0 saturated carbocycles. The van der Waals surface area contributed by atoms with Crippen molar-refractivity contribution in [2.75, 3.05) is 5.32 Å². The van der Waals surface area contributed by atoms with Gasteiger partial charge in [0.25, 0.3) is 0 Å². The Bertz CT molecular complexity index is 543. The van der Waals surface area contributed by atoms with Gasteiger partial charge in [0.15, 0.2) is 0 Å². The zero-order chi connectivity index (χ0) is 13.8. The molecular formula is C15H22N4. The average Bonchev–Trinajstić information content (AvgIpc) is 2.69. The van der Waals surface area contributed by atoms with E-state index in [1.165, 1.54) is 5.56 Å². The highest BCUT2D eigenvalue weighted by atomic mass is 15.2. The Hall–Kier alpha value is -1.84. The van der Waals surface area contributed by atoms with Gasteiger partial charge < -0.3 is 9.88 Å². The molecule has 2 aromatic heterocycles. The van der Waals surface area contributed by atoms with Crippen LogP contribution in [0.2, 0.25) is 0 Å². The van der Waals surface area contributed by atoms with Gasteiger partial charge in [-0.15, -0.1) is 0 Å². The molecule has 2 rings (SSSR count). The van der Waals surface area contributed by atoms with E-state index >= 15 is 0 Å². The van der Waals surface area contributed by atoms with Crippen LogP contribution in [-0.2, 0) is 13.0 Å². The van der Waals surface area contributed by atoms with Crippen molar-refractivity contribution in [1.29, 1.82) is 0 Å². The van der Waals surface area contributed by atoms with E-state index in [1.807, 2.05) is 19.2 Å². The summed E-state index contributed by atoms with van der Waals surface area (Å²) in [4.78, 5) is 9.02. The molecule has 2 heterocycles. The molecule has 1 N–H and O–H groups in total. The van der Waals surface area contributed by atoms with Crippen LogP contribution in [0, 0.1) is 6.92 Å². The molecule has 0 radical (unpaired) electrons. The van der Waals surface area contributed by atoms with Crippen molar-refractivity contribution in [1.82, 2.24) is 14.5 Å². The quantitative estimate of drug-likeness (QED) is 0.896. The maximum absolute atomic E-state index is 4.53. The summed E-state index contributed by atoms with van der Waals surface area (Å²) >= 11 is 0. The van der Waals surface area contributed by atoms with Crippen molar-refractivity contribution in [2.45, 2.75) is 46.7 Å². The zero-order valence-corrected chi connectivity index (χ0v) is 12.1. The molecule has 2 aromatic rings. The van der Waals surface area contributed by atoms with Crippen LogP contribution < -0.4 is 5.32 Å². The lowest BCUT2D eigenvalue weighted by atomic mass is 10.1. The maximum Gasteiger partial charge on any atom is 0.203 e. The molecule has 0 aliphatic carbocycles. The molecule has 4 heteroatoms. The number of nitrogens with zero attached hydrogens (tertiary/aromatic N) is 3. The van der Waals surface area contributed by atoms with Crippen LogP contribution >= 0.6 is 0 Å². The van der Waals surface area contributed by atoms with Gasteiger partial charge in [0, 0.05) is 18.4 Å². The van der Waals surface area contributed by atoms with Crippen LogP contribution in [0.25, 0.3) is 0 Å². The predicted octanol–water partition coefficient (Wildman–Crippen LogP) is 3.02. The van der Waals surface area contributed by atoms with Crippen molar-refractivity contribution < 1.29 is 0 Å². The molecule has 0 unspecified atom stereocenters. The topological polar surface area (TPSA) is 42.7 Å². The number of aromatic nitrogens is 3. The number of pyridine rings is 1. The molecule has 0 saturated heterocycles. The first kappa shape index (κ1) is 13.6. The monoisotopic (exact) mass is 258 g/mol. The molecule has 0 atom stereocenters. The maximum atomic E-state index is 4.53. The van der Waals surface area contributed by atoms with Crippen LogP contribution in [0.5, 0.6) is 0 Å². The summed E-state index contributed by atoms with van der Waals surface area (Å²) in [6.07, 6.45) is 4.93. The lowest BCUT2D eigenvalue weighted by molar-refractivity contribution is 0.747. The first-order chi connectivity index (χ1) is 9.10. The van der Waals surface area contributed by atoms with Gasteiger partial charge >= 0.3 is 0 Å². The SMILES string of the molecule is CCc1cccnc1Cn1cc(C)nc1NC(C)C. The van der Waals surface area contributed by atoms with Crippen LogP contribution in [0.15, 0.2) is 24.5 Å². The second kappa shape index (κ2) is 5.87. The third kappa shape index (κ3) is 3.34. The Kier molecular flexibility index (Phi) is 4.20. The summed E-state index contributed by atoms with van der Waals surface area (Å²) in [5.74, 6) is 0.917. The minimum atomic E-state index is 0.370. The zero-order valence-electron chi connectivity index (χ0n) is 12.1. The van der Waals surface area contributed by atoms with Crippen molar-refractivity contribution in [2.24, 2.45) is 0 Å². The van der Waals surface area contributed by atoms with Crippen LogP contribution in [0.4, 0.5) is 5.95 Å². The first-order valence-corrected chi connectivity index (χ1v) is 6.83. The Morgan fingerprint density at radius 3 is 2.84 bits per heavy atom. The molecular weight excluding hydrogens is 236 g/mol. The van der Waals surface area contributed by atoms with Gasteiger partial charge in [-0.25, -0.2) is 4.98 Å². The fraction of sp³-hybridized carbons (Fsp3) is 0.467. The van der Waals surface area contributed by atoms with E-state index in [2.05, 4.69) is 52.9 Å². The number of hydrogen-bond acceptors (Lipinski definition) is 3. The van der Waals surface area contributed by atoms with E-state index < -0.39 is 0 Å². The summed E-state index contributed by atoms with van der Waals surface area (Å²) in [6, 6.07) is 4.51. The fourth-order valence-corrected chi connectivity index (χ4v) is 2.14. The standard InChI is InChI=1S/C15H22N4/c1-5-13-7-6-8-16-14(13)10-19-9-12(4)18-15(19)17-11(2)3/h6-9,11H,5,10H2,1-4H3,(H,17,18). The molecule has 0 aromatic carbocycles. The second-order valence-corrected chi connectivity index (χ2v) is 5.10. The Labute approximate surface area is 114 Å². The minimum absolute atomic E-state index is 0.370.